The van der Waals surface area contributed by atoms with Crippen molar-refractivity contribution in [1.82, 2.24) is 4.90 Å². The van der Waals surface area contributed by atoms with E-state index in [0.717, 1.165) is 10.9 Å². The van der Waals surface area contributed by atoms with E-state index in [0.29, 0.717) is 13.1 Å². The van der Waals surface area contributed by atoms with Crippen molar-refractivity contribution in [2.24, 2.45) is 0 Å². The Hall–Kier alpha value is -0.750. The van der Waals surface area contributed by atoms with Crippen LogP contribution in [-0.4, -0.2) is 23.9 Å². The molecular weight excluding hydrogens is 242 g/mol. The molecule has 0 saturated heterocycles. The van der Waals surface area contributed by atoms with Gasteiger partial charge >= 0.3 is 0 Å². The van der Waals surface area contributed by atoms with Gasteiger partial charge in [-0.15, -0.1) is 11.8 Å². The van der Waals surface area contributed by atoms with Crippen molar-refractivity contribution in [2.45, 2.75) is 27.2 Å². The molecule has 0 bridgehead atoms. The first-order chi connectivity index (χ1) is 6.61. The number of hydrogen-bond acceptors (Lipinski definition) is 1. The number of rotatable bonds is 4. The Balaban J connectivity index is 4.14. The number of carbonyl (C=O) groups is 1. The van der Waals surface area contributed by atoms with E-state index in [1.165, 1.54) is 0 Å². The predicted octanol–water partition coefficient (Wildman–Crippen LogP) is 2.55. The van der Waals surface area contributed by atoms with Gasteiger partial charge in [0.1, 0.15) is 0 Å². The number of amides is 1. The molecule has 0 N–H and O–H groups in total. The second-order valence-electron chi connectivity index (χ2n) is 2.85. The maximum Gasteiger partial charge on any atom is 0.219 e. The standard InChI is InChI=1S/C11H16BrNO/c1-4-6-7-8-13(10(3)14)9-11(12)5-2/h5H,7-9H2,1-3H3. The lowest BCUT2D eigenvalue weighted by molar-refractivity contribution is -0.128. The van der Waals surface area contributed by atoms with Crippen LogP contribution in [0.4, 0.5) is 0 Å². The summed E-state index contributed by atoms with van der Waals surface area (Å²) >= 11 is 3.39. The Kier molecular flexibility index (Phi) is 7.23. The molecule has 0 aliphatic rings. The average molecular weight is 258 g/mol. The zero-order chi connectivity index (χ0) is 11.0. The zero-order valence-electron chi connectivity index (χ0n) is 8.93. The smallest absolute Gasteiger partial charge is 0.219 e. The summed E-state index contributed by atoms with van der Waals surface area (Å²) < 4.78 is 1.03. The second-order valence-corrected chi connectivity index (χ2v) is 3.87. The molecule has 0 aliphatic heterocycles. The molecule has 0 radical (unpaired) electrons. The van der Waals surface area contributed by atoms with Crippen molar-refractivity contribution < 1.29 is 4.79 Å². The number of allylic oxidation sites excluding steroid dienone is 1. The topological polar surface area (TPSA) is 20.3 Å². The molecule has 0 heterocycles. The van der Waals surface area contributed by atoms with E-state index in [2.05, 4.69) is 27.8 Å². The van der Waals surface area contributed by atoms with Crippen LogP contribution in [0.2, 0.25) is 0 Å². The molecule has 0 fully saturated rings. The fourth-order valence-corrected chi connectivity index (χ4v) is 1.24. The van der Waals surface area contributed by atoms with Crippen molar-refractivity contribution in [3.05, 3.63) is 10.6 Å². The quantitative estimate of drug-likeness (QED) is 0.709. The third-order valence-corrected chi connectivity index (χ3v) is 2.49. The molecule has 14 heavy (non-hydrogen) atoms. The molecule has 0 unspecified atom stereocenters. The minimum Gasteiger partial charge on any atom is -0.337 e. The van der Waals surface area contributed by atoms with Crippen LogP contribution in [0.25, 0.3) is 0 Å². The molecule has 2 nitrogen and oxygen atoms in total. The maximum atomic E-state index is 11.2. The number of nitrogens with zero attached hydrogens (tertiary/aromatic N) is 1. The molecule has 0 atom stereocenters. The predicted molar refractivity (Wildman–Crippen MR) is 63.0 cm³/mol. The normalized spacial score (nSPS) is 10.4. The van der Waals surface area contributed by atoms with Gasteiger partial charge in [-0.3, -0.25) is 4.79 Å². The first kappa shape index (κ1) is 13.2. The van der Waals surface area contributed by atoms with E-state index in [1.54, 1.807) is 18.7 Å². The highest BCUT2D eigenvalue weighted by molar-refractivity contribution is 9.11. The zero-order valence-corrected chi connectivity index (χ0v) is 10.5. The Morgan fingerprint density at radius 3 is 2.64 bits per heavy atom. The van der Waals surface area contributed by atoms with Crippen molar-refractivity contribution in [3.63, 3.8) is 0 Å². The third-order valence-electron chi connectivity index (χ3n) is 1.78. The van der Waals surface area contributed by atoms with Crippen LogP contribution in [-0.2, 0) is 4.79 Å². The van der Waals surface area contributed by atoms with Crippen LogP contribution in [0.15, 0.2) is 10.6 Å². The lowest BCUT2D eigenvalue weighted by atomic mass is 10.3. The van der Waals surface area contributed by atoms with Gasteiger partial charge in [-0.1, -0.05) is 22.0 Å². The summed E-state index contributed by atoms with van der Waals surface area (Å²) in [5.74, 6) is 5.85. The Morgan fingerprint density at radius 1 is 1.57 bits per heavy atom. The first-order valence-electron chi connectivity index (χ1n) is 4.57. The van der Waals surface area contributed by atoms with Gasteiger partial charge in [0.15, 0.2) is 0 Å². The average Bonchev–Trinajstić information content (AvgIpc) is 2.16. The summed E-state index contributed by atoms with van der Waals surface area (Å²) in [5.41, 5.74) is 0. The highest BCUT2D eigenvalue weighted by Gasteiger charge is 2.07. The molecule has 3 heteroatoms. The molecule has 1 amide bonds. The van der Waals surface area contributed by atoms with Crippen LogP contribution in [0, 0.1) is 11.8 Å². The molecule has 0 aliphatic carbocycles. The maximum absolute atomic E-state index is 11.2. The molecule has 0 aromatic carbocycles. The lowest BCUT2D eigenvalue weighted by Crippen LogP contribution is -2.30. The molecule has 0 aromatic rings. The van der Waals surface area contributed by atoms with Gasteiger partial charge in [-0.25, -0.2) is 0 Å². The molecular formula is C11H16BrNO. The molecule has 78 valence electrons. The Bertz CT molecular complexity index is 273. The minimum atomic E-state index is 0.0849. The number of halogens is 1. The summed E-state index contributed by atoms with van der Waals surface area (Å²) in [5, 5.41) is 0. The van der Waals surface area contributed by atoms with Gasteiger partial charge in [-0.05, 0) is 13.8 Å². The largest absolute Gasteiger partial charge is 0.337 e. The van der Waals surface area contributed by atoms with Crippen LogP contribution >= 0.6 is 15.9 Å². The van der Waals surface area contributed by atoms with E-state index >= 15 is 0 Å². The third kappa shape index (κ3) is 5.82. The lowest BCUT2D eigenvalue weighted by Gasteiger charge is -2.19. The highest BCUT2D eigenvalue weighted by Crippen LogP contribution is 2.07. The van der Waals surface area contributed by atoms with Crippen molar-refractivity contribution in [1.29, 1.82) is 0 Å². The van der Waals surface area contributed by atoms with Gasteiger partial charge in [0.05, 0.1) is 6.54 Å². The van der Waals surface area contributed by atoms with Crippen LogP contribution in [0.5, 0.6) is 0 Å². The second kappa shape index (κ2) is 7.64. The van der Waals surface area contributed by atoms with E-state index in [-0.39, 0.29) is 5.91 Å². The van der Waals surface area contributed by atoms with Gasteiger partial charge in [-0.2, -0.15) is 0 Å². The van der Waals surface area contributed by atoms with Gasteiger partial charge in [0.2, 0.25) is 5.91 Å². The molecule has 0 aromatic heterocycles. The van der Waals surface area contributed by atoms with Gasteiger partial charge in [0, 0.05) is 24.4 Å². The first-order valence-corrected chi connectivity index (χ1v) is 5.37. The number of hydrogen-bond donors (Lipinski definition) is 0. The number of carbonyl (C=O) groups excluding carboxylic acids is 1. The summed E-state index contributed by atoms with van der Waals surface area (Å²) in [7, 11) is 0. The monoisotopic (exact) mass is 257 g/mol. The van der Waals surface area contributed by atoms with E-state index in [4.69, 9.17) is 0 Å². The van der Waals surface area contributed by atoms with Crippen molar-refractivity contribution >= 4 is 21.8 Å². The molecule has 0 rings (SSSR count). The van der Waals surface area contributed by atoms with E-state index in [1.807, 2.05) is 13.0 Å². The van der Waals surface area contributed by atoms with Gasteiger partial charge in [0.25, 0.3) is 0 Å². The summed E-state index contributed by atoms with van der Waals surface area (Å²) in [6.07, 6.45) is 2.68. The van der Waals surface area contributed by atoms with Crippen LogP contribution in [0.1, 0.15) is 27.2 Å². The molecule has 0 saturated carbocycles. The Morgan fingerprint density at radius 2 is 2.21 bits per heavy atom. The summed E-state index contributed by atoms with van der Waals surface area (Å²) in [6, 6.07) is 0. The Labute approximate surface area is 94.5 Å². The minimum absolute atomic E-state index is 0.0849. The fourth-order valence-electron chi connectivity index (χ4n) is 0.937. The van der Waals surface area contributed by atoms with Crippen molar-refractivity contribution in [2.75, 3.05) is 13.1 Å². The van der Waals surface area contributed by atoms with E-state index in [9.17, 15) is 4.79 Å². The van der Waals surface area contributed by atoms with E-state index < -0.39 is 0 Å². The van der Waals surface area contributed by atoms with Crippen LogP contribution < -0.4 is 0 Å². The SMILES string of the molecule is CC#CCCN(CC(Br)=CC)C(C)=O. The van der Waals surface area contributed by atoms with Crippen LogP contribution in [0.3, 0.4) is 0 Å². The highest BCUT2D eigenvalue weighted by atomic mass is 79.9. The fraction of sp³-hybridized carbons (Fsp3) is 0.545. The van der Waals surface area contributed by atoms with Gasteiger partial charge < -0.3 is 4.90 Å². The van der Waals surface area contributed by atoms with Crippen molar-refractivity contribution in [3.8, 4) is 11.8 Å². The summed E-state index contributed by atoms with van der Waals surface area (Å²) in [6.45, 7) is 6.65. The summed E-state index contributed by atoms with van der Waals surface area (Å²) in [4.78, 5) is 13.0. The molecule has 0 spiro atoms.